The van der Waals surface area contributed by atoms with E-state index in [-0.39, 0.29) is 5.75 Å². The number of hydrogen-bond donors (Lipinski definition) is 1. The predicted molar refractivity (Wildman–Crippen MR) is 102 cm³/mol. The molecule has 142 valence electrons. The van der Waals surface area contributed by atoms with E-state index in [0.29, 0.717) is 11.3 Å². The number of amides is 1. The van der Waals surface area contributed by atoms with Gasteiger partial charge in [-0.3, -0.25) is 4.79 Å². The van der Waals surface area contributed by atoms with Crippen LogP contribution in [-0.2, 0) is 14.3 Å². The lowest BCUT2D eigenvalue weighted by Crippen LogP contribution is -2.30. The van der Waals surface area contributed by atoms with Crippen molar-refractivity contribution in [1.82, 2.24) is 0 Å². The van der Waals surface area contributed by atoms with E-state index in [1.54, 1.807) is 6.07 Å². The van der Waals surface area contributed by atoms with Crippen LogP contribution in [-0.4, -0.2) is 25.1 Å². The lowest BCUT2D eigenvalue weighted by molar-refractivity contribution is -0.148. The second-order valence-electron chi connectivity index (χ2n) is 6.06. The van der Waals surface area contributed by atoms with Gasteiger partial charge in [0.05, 0.1) is 7.11 Å². The molecule has 0 aromatic heterocycles. The minimum atomic E-state index is -0.978. The van der Waals surface area contributed by atoms with Gasteiger partial charge in [-0.15, -0.1) is 0 Å². The fraction of sp³-hybridized carbons (Fsp3) is 0.238. The highest BCUT2D eigenvalue weighted by Gasteiger charge is 2.18. The van der Waals surface area contributed by atoms with Gasteiger partial charge in [-0.2, -0.15) is 0 Å². The Balaban J connectivity index is 1.96. The summed E-state index contributed by atoms with van der Waals surface area (Å²) in [5.41, 5.74) is 3.01. The van der Waals surface area contributed by atoms with E-state index in [1.165, 1.54) is 32.2 Å². The van der Waals surface area contributed by atoms with Gasteiger partial charge in [-0.1, -0.05) is 24.3 Å². The zero-order chi connectivity index (χ0) is 20.0. The van der Waals surface area contributed by atoms with E-state index in [1.807, 2.05) is 32.0 Å². The fourth-order valence-electron chi connectivity index (χ4n) is 2.45. The average Bonchev–Trinajstić information content (AvgIpc) is 2.63. The van der Waals surface area contributed by atoms with Crippen molar-refractivity contribution in [2.45, 2.75) is 26.9 Å². The van der Waals surface area contributed by atoms with E-state index in [4.69, 9.17) is 9.47 Å². The molecule has 0 saturated carbocycles. The SMILES string of the molecule is COc1ccc(/C=C/C(=O)O[C@@H](C)C(=O)Nc2c(C)cccc2C)cc1F. The summed E-state index contributed by atoms with van der Waals surface area (Å²) < 4.78 is 23.6. The average molecular weight is 371 g/mol. The van der Waals surface area contributed by atoms with Crippen LogP contribution in [0.5, 0.6) is 5.75 Å². The maximum Gasteiger partial charge on any atom is 0.331 e. The van der Waals surface area contributed by atoms with Crippen molar-refractivity contribution in [1.29, 1.82) is 0 Å². The van der Waals surface area contributed by atoms with Crippen LogP contribution in [0.2, 0.25) is 0 Å². The number of aryl methyl sites for hydroxylation is 2. The molecule has 2 rings (SSSR count). The normalized spacial score (nSPS) is 11.9. The minimum Gasteiger partial charge on any atom is -0.494 e. The molecule has 0 aliphatic heterocycles. The number of methoxy groups -OCH3 is 1. The first-order chi connectivity index (χ1) is 12.8. The number of para-hydroxylation sites is 1. The number of hydrogen-bond acceptors (Lipinski definition) is 4. The van der Waals surface area contributed by atoms with E-state index in [2.05, 4.69) is 5.32 Å². The first-order valence-corrected chi connectivity index (χ1v) is 8.41. The Kier molecular flexibility index (Phi) is 6.71. The molecule has 0 spiro atoms. The molecule has 2 aromatic rings. The van der Waals surface area contributed by atoms with Crippen LogP contribution in [0.15, 0.2) is 42.5 Å². The molecule has 0 aliphatic rings. The van der Waals surface area contributed by atoms with Crippen LogP contribution in [0.1, 0.15) is 23.6 Å². The molecule has 5 nitrogen and oxygen atoms in total. The van der Waals surface area contributed by atoms with Crippen molar-refractivity contribution in [3.63, 3.8) is 0 Å². The number of anilines is 1. The Morgan fingerprint density at radius 1 is 1.15 bits per heavy atom. The van der Waals surface area contributed by atoms with Gasteiger partial charge in [0.25, 0.3) is 5.91 Å². The van der Waals surface area contributed by atoms with Gasteiger partial charge in [0.15, 0.2) is 17.7 Å². The molecule has 0 saturated heterocycles. The summed E-state index contributed by atoms with van der Waals surface area (Å²) in [5.74, 6) is -1.54. The van der Waals surface area contributed by atoms with Crippen molar-refractivity contribution in [2.75, 3.05) is 12.4 Å². The zero-order valence-corrected chi connectivity index (χ0v) is 15.7. The van der Waals surface area contributed by atoms with Crippen molar-refractivity contribution in [2.24, 2.45) is 0 Å². The summed E-state index contributed by atoms with van der Waals surface area (Å²) in [4.78, 5) is 24.2. The molecule has 0 heterocycles. The summed E-state index contributed by atoms with van der Waals surface area (Å²) >= 11 is 0. The molecule has 6 heteroatoms. The molecule has 27 heavy (non-hydrogen) atoms. The molecule has 1 amide bonds. The highest BCUT2D eigenvalue weighted by molar-refractivity contribution is 5.97. The van der Waals surface area contributed by atoms with Crippen LogP contribution in [0.4, 0.5) is 10.1 Å². The Morgan fingerprint density at radius 2 is 1.81 bits per heavy atom. The summed E-state index contributed by atoms with van der Waals surface area (Å²) in [7, 11) is 1.37. The summed E-state index contributed by atoms with van der Waals surface area (Å²) in [6.07, 6.45) is 1.57. The maximum absolute atomic E-state index is 13.6. The molecule has 0 radical (unpaired) electrons. The van der Waals surface area contributed by atoms with E-state index in [0.717, 1.165) is 17.2 Å². The third kappa shape index (κ3) is 5.41. The second-order valence-corrected chi connectivity index (χ2v) is 6.06. The molecule has 0 unspecified atom stereocenters. The smallest absolute Gasteiger partial charge is 0.331 e. The van der Waals surface area contributed by atoms with E-state index >= 15 is 0 Å². The fourth-order valence-corrected chi connectivity index (χ4v) is 2.45. The Labute approximate surface area is 157 Å². The Hall–Kier alpha value is -3.15. The second kappa shape index (κ2) is 8.98. The number of benzene rings is 2. The van der Waals surface area contributed by atoms with Gasteiger partial charge < -0.3 is 14.8 Å². The standard InChI is InChI=1S/C21H22FNO4/c1-13-6-5-7-14(2)20(13)23-21(25)15(3)27-19(24)11-9-16-8-10-18(26-4)17(22)12-16/h5-12,15H,1-4H3,(H,23,25)/b11-9+/t15-/m0/s1. The van der Waals surface area contributed by atoms with Gasteiger partial charge in [0.2, 0.25) is 0 Å². The van der Waals surface area contributed by atoms with Gasteiger partial charge >= 0.3 is 5.97 Å². The summed E-state index contributed by atoms with van der Waals surface area (Å²) in [5, 5.41) is 2.77. The van der Waals surface area contributed by atoms with Crippen molar-refractivity contribution in [3.8, 4) is 5.75 Å². The van der Waals surface area contributed by atoms with Crippen LogP contribution >= 0.6 is 0 Å². The Morgan fingerprint density at radius 3 is 2.41 bits per heavy atom. The number of carbonyl (C=O) groups is 2. The molecule has 0 aliphatic carbocycles. The summed E-state index contributed by atoms with van der Waals surface area (Å²) in [6, 6.07) is 9.96. The topological polar surface area (TPSA) is 64.6 Å². The molecule has 1 atom stereocenters. The molecular weight excluding hydrogens is 349 g/mol. The molecule has 2 aromatic carbocycles. The maximum atomic E-state index is 13.6. The zero-order valence-electron chi connectivity index (χ0n) is 15.7. The number of halogens is 1. The first-order valence-electron chi connectivity index (χ1n) is 8.41. The lowest BCUT2D eigenvalue weighted by atomic mass is 10.1. The van der Waals surface area contributed by atoms with Crippen LogP contribution in [0, 0.1) is 19.7 Å². The van der Waals surface area contributed by atoms with E-state index < -0.39 is 23.8 Å². The third-order valence-electron chi connectivity index (χ3n) is 3.98. The highest BCUT2D eigenvalue weighted by Crippen LogP contribution is 2.20. The van der Waals surface area contributed by atoms with Gasteiger partial charge in [0, 0.05) is 11.8 Å². The number of carbonyl (C=O) groups excluding carboxylic acids is 2. The van der Waals surface area contributed by atoms with Crippen molar-refractivity contribution >= 4 is 23.6 Å². The summed E-state index contributed by atoms with van der Waals surface area (Å²) in [6.45, 7) is 5.26. The van der Waals surface area contributed by atoms with E-state index in [9.17, 15) is 14.0 Å². The largest absolute Gasteiger partial charge is 0.494 e. The minimum absolute atomic E-state index is 0.117. The van der Waals surface area contributed by atoms with Crippen molar-refractivity contribution < 1.29 is 23.5 Å². The third-order valence-corrected chi connectivity index (χ3v) is 3.98. The highest BCUT2D eigenvalue weighted by atomic mass is 19.1. The van der Waals surface area contributed by atoms with Gasteiger partial charge in [0.1, 0.15) is 0 Å². The number of ether oxygens (including phenoxy) is 2. The lowest BCUT2D eigenvalue weighted by Gasteiger charge is -2.15. The van der Waals surface area contributed by atoms with Crippen LogP contribution in [0.3, 0.4) is 0 Å². The monoisotopic (exact) mass is 371 g/mol. The number of esters is 1. The molecule has 0 bridgehead atoms. The molecule has 1 N–H and O–H groups in total. The van der Waals surface area contributed by atoms with Gasteiger partial charge in [-0.25, -0.2) is 9.18 Å². The predicted octanol–water partition coefficient (Wildman–Crippen LogP) is 4.03. The quantitative estimate of drug-likeness (QED) is 0.615. The Bertz CT molecular complexity index is 856. The molecular formula is C21H22FNO4. The van der Waals surface area contributed by atoms with Crippen LogP contribution < -0.4 is 10.1 Å². The number of nitrogens with one attached hydrogen (secondary N) is 1. The van der Waals surface area contributed by atoms with Crippen LogP contribution in [0.25, 0.3) is 6.08 Å². The van der Waals surface area contributed by atoms with Crippen molar-refractivity contribution in [3.05, 3.63) is 65.0 Å². The number of rotatable bonds is 6. The first kappa shape index (κ1) is 20.2. The van der Waals surface area contributed by atoms with Gasteiger partial charge in [-0.05, 0) is 55.7 Å². The molecule has 0 fully saturated rings.